The topological polar surface area (TPSA) is 32.3 Å². The molecule has 1 amide bonds. The zero-order valence-electron chi connectivity index (χ0n) is 11.1. The van der Waals surface area contributed by atoms with Gasteiger partial charge in [-0.3, -0.25) is 4.79 Å². The van der Waals surface area contributed by atoms with Crippen LogP contribution in [0.1, 0.15) is 41.8 Å². The summed E-state index contributed by atoms with van der Waals surface area (Å²) in [5.41, 5.74) is 0. The lowest BCUT2D eigenvalue weighted by Crippen LogP contribution is -2.55. The standard InChI is InChI=1S/C14H19BrN2OS/c1-17-10-3-2-4-11(17)8-9(7-10)16-14(18)12-5-6-13(15)19-12/h5-6,9-11H,2-4,7-8H2,1H3,(H,16,18). The van der Waals surface area contributed by atoms with Gasteiger partial charge in [0.15, 0.2) is 0 Å². The Morgan fingerprint density at radius 3 is 2.63 bits per heavy atom. The highest BCUT2D eigenvalue weighted by Gasteiger charge is 2.36. The molecule has 0 aliphatic carbocycles. The average molecular weight is 343 g/mol. The van der Waals surface area contributed by atoms with Gasteiger partial charge in [0.05, 0.1) is 8.66 Å². The summed E-state index contributed by atoms with van der Waals surface area (Å²) in [6, 6.07) is 5.49. The molecule has 2 fully saturated rings. The van der Waals surface area contributed by atoms with Gasteiger partial charge in [-0.2, -0.15) is 0 Å². The molecule has 1 aromatic rings. The van der Waals surface area contributed by atoms with Crippen LogP contribution in [0.3, 0.4) is 0 Å². The highest BCUT2D eigenvalue weighted by atomic mass is 79.9. The summed E-state index contributed by atoms with van der Waals surface area (Å²) in [5, 5.41) is 3.22. The summed E-state index contributed by atoms with van der Waals surface area (Å²) in [6.45, 7) is 0. The summed E-state index contributed by atoms with van der Waals surface area (Å²) in [6.07, 6.45) is 6.11. The van der Waals surface area contributed by atoms with E-state index in [4.69, 9.17) is 0 Å². The van der Waals surface area contributed by atoms with Crippen molar-refractivity contribution in [3.8, 4) is 0 Å². The molecule has 5 heteroatoms. The van der Waals surface area contributed by atoms with Crippen LogP contribution in [0.15, 0.2) is 15.9 Å². The van der Waals surface area contributed by atoms with E-state index < -0.39 is 0 Å². The van der Waals surface area contributed by atoms with Gasteiger partial charge >= 0.3 is 0 Å². The average Bonchev–Trinajstić information content (AvgIpc) is 2.77. The Bertz CT molecular complexity index is 462. The number of piperidine rings is 2. The van der Waals surface area contributed by atoms with Gasteiger partial charge in [-0.25, -0.2) is 0 Å². The quantitative estimate of drug-likeness (QED) is 0.894. The van der Waals surface area contributed by atoms with E-state index >= 15 is 0 Å². The molecule has 2 aliphatic heterocycles. The van der Waals surface area contributed by atoms with E-state index in [1.165, 1.54) is 30.6 Å². The minimum absolute atomic E-state index is 0.0864. The fourth-order valence-corrected chi connectivity index (χ4v) is 4.72. The van der Waals surface area contributed by atoms with Crippen molar-refractivity contribution in [1.29, 1.82) is 0 Å². The zero-order valence-corrected chi connectivity index (χ0v) is 13.5. The Labute approximate surface area is 126 Å². The lowest BCUT2D eigenvalue weighted by molar-refractivity contribution is 0.0464. The normalized spacial score (nSPS) is 31.2. The lowest BCUT2D eigenvalue weighted by atomic mass is 9.82. The first-order valence-electron chi connectivity index (χ1n) is 6.91. The number of carbonyl (C=O) groups excluding carboxylic acids is 1. The van der Waals surface area contributed by atoms with Crippen molar-refractivity contribution in [3.05, 3.63) is 20.8 Å². The van der Waals surface area contributed by atoms with Crippen LogP contribution < -0.4 is 5.32 Å². The Morgan fingerprint density at radius 1 is 1.37 bits per heavy atom. The van der Waals surface area contributed by atoms with Crippen molar-refractivity contribution < 1.29 is 4.79 Å². The van der Waals surface area contributed by atoms with Gasteiger partial charge in [0.25, 0.3) is 5.91 Å². The Hall–Kier alpha value is -0.390. The molecule has 2 saturated heterocycles. The van der Waals surface area contributed by atoms with Crippen molar-refractivity contribution in [3.63, 3.8) is 0 Å². The van der Waals surface area contributed by atoms with Gasteiger partial charge in [0.1, 0.15) is 0 Å². The molecule has 0 saturated carbocycles. The molecule has 2 unspecified atom stereocenters. The van der Waals surface area contributed by atoms with Crippen molar-refractivity contribution in [2.75, 3.05) is 7.05 Å². The van der Waals surface area contributed by atoms with Crippen molar-refractivity contribution in [2.24, 2.45) is 0 Å². The van der Waals surface area contributed by atoms with Crippen LogP contribution in [0.25, 0.3) is 0 Å². The van der Waals surface area contributed by atoms with Gasteiger partial charge in [0, 0.05) is 18.1 Å². The molecule has 1 aromatic heterocycles. The van der Waals surface area contributed by atoms with Crippen LogP contribution in [0, 0.1) is 0 Å². The number of hydrogen-bond donors (Lipinski definition) is 1. The highest BCUT2D eigenvalue weighted by molar-refractivity contribution is 9.11. The molecule has 2 atom stereocenters. The van der Waals surface area contributed by atoms with Crippen LogP contribution in [0.2, 0.25) is 0 Å². The summed E-state index contributed by atoms with van der Waals surface area (Å²) in [4.78, 5) is 15.5. The third kappa shape index (κ3) is 2.88. The molecule has 0 radical (unpaired) electrons. The lowest BCUT2D eigenvalue weighted by Gasteiger charge is -2.47. The molecule has 3 nitrogen and oxygen atoms in total. The van der Waals surface area contributed by atoms with Crippen molar-refractivity contribution >= 4 is 33.2 Å². The molecule has 2 aliphatic rings. The van der Waals surface area contributed by atoms with E-state index in [1.807, 2.05) is 12.1 Å². The van der Waals surface area contributed by atoms with Crippen LogP contribution >= 0.6 is 27.3 Å². The van der Waals surface area contributed by atoms with Gasteiger partial charge in [0.2, 0.25) is 0 Å². The third-order valence-electron chi connectivity index (χ3n) is 4.47. The fraction of sp³-hybridized carbons (Fsp3) is 0.643. The molecule has 0 aromatic carbocycles. The van der Waals surface area contributed by atoms with Crippen LogP contribution in [-0.2, 0) is 0 Å². The molecular formula is C14H19BrN2OS. The number of thiophene rings is 1. The minimum Gasteiger partial charge on any atom is -0.348 e. The van der Waals surface area contributed by atoms with E-state index in [-0.39, 0.29) is 5.91 Å². The number of nitrogens with one attached hydrogen (secondary N) is 1. The molecule has 104 valence electrons. The second-order valence-corrected chi connectivity index (χ2v) is 8.11. The predicted octanol–water partition coefficient (Wildman–Crippen LogP) is 3.26. The number of nitrogens with zero attached hydrogens (tertiary/aromatic N) is 1. The first kappa shape index (κ1) is 13.6. The molecule has 3 heterocycles. The van der Waals surface area contributed by atoms with Gasteiger partial charge in [-0.05, 0) is 60.8 Å². The molecule has 19 heavy (non-hydrogen) atoms. The number of amides is 1. The first-order valence-corrected chi connectivity index (χ1v) is 8.52. The van der Waals surface area contributed by atoms with E-state index in [0.717, 1.165) is 21.5 Å². The van der Waals surface area contributed by atoms with E-state index in [9.17, 15) is 4.79 Å². The maximum atomic E-state index is 12.2. The Morgan fingerprint density at radius 2 is 2.05 bits per heavy atom. The number of rotatable bonds is 2. The Balaban J connectivity index is 1.63. The summed E-state index contributed by atoms with van der Waals surface area (Å²) in [7, 11) is 2.24. The van der Waals surface area contributed by atoms with Gasteiger partial charge < -0.3 is 10.2 Å². The largest absolute Gasteiger partial charge is 0.348 e. The summed E-state index contributed by atoms with van der Waals surface area (Å²) < 4.78 is 1.01. The van der Waals surface area contributed by atoms with E-state index in [1.54, 1.807) is 0 Å². The van der Waals surface area contributed by atoms with Crippen LogP contribution in [0.5, 0.6) is 0 Å². The van der Waals surface area contributed by atoms with Gasteiger partial charge in [-0.1, -0.05) is 6.42 Å². The summed E-state index contributed by atoms with van der Waals surface area (Å²) >= 11 is 4.91. The van der Waals surface area contributed by atoms with Crippen molar-refractivity contribution in [2.45, 2.75) is 50.2 Å². The first-order chi connectivity index (χ1) is 9.13. The highest BCUT2D eigenvalue weighted by Crippen LogP contribution is 2.33. The second kappa shape index (κ2) is 5.54. The van der Waals surface area contributed by atoms with Gasteiger partial charge in [-0.15, -0.1) is 11.3 Å². The molecule has 0 spiro atoms. The maximum absolute atomic E-state index is 12.2. The molecular weight excluding hydrogens is 324 g/mol. The smallest absolute Gasteiger partial charge is 0.261 e. The predicted molar refractivity (Wildman–Crippen MR) is 81.7 cm³/mol. The van der Waals surface area contributed by atoms with E-state index in [2.05, 4.69) is 33.2 Å². The number of halogens is 1. The third-order valence-corrected chi connectivity index (χ3v) is 6.09. The molecule has 2 bridgehead atoms. The number of carbonyl (C=O) groups is 1. The second-order valence-electron chi connectivity index (χ2n) is 5.65. The molecule has 1 N–H and O–H groups in total. The maximum Gasteiger partial charge on any atom is 0.261 e. The molecule has 3 rings (SSSR count). The minimum atomic E-state index is 0.0864. The van der Waals surface area contributed by atoms with Crippen LogP contribution in [-0.4, -0.2) is 36.0 Å². The fourth-order valence-electron chi connectivity index (χ4n) is 3.43. The monoisotopic (exact) mass is 342 g/mol. The van der Waals surface area contributed by atoms with E-state index in [0.29, 0.717) is 18.1 Å². The Kier molecular flexibility index (Phi) is 3.96. The number of fused-ring (bicyclic) bond motifs is 2. The summed E-state index contributed by atoms with van der Waals surface area (Å²) in [5.74, 6) is 0.0864. The zero-order chi connectivity index (χ0) is 13.4. The van der Waals surface area contributed by atoms with Crippen LogP contribution in [0.4, 0.5) is 0 Å². The number of hydrogen-bond acceptors (Lipinski definition) is 3. The SMILES string of the molecule is CN1C2CCCC1CC(NC(=O)c1ccc(Br)s1)C2. The van der Waals surface area contributed by atoms with Crippen molar-refractivity contribution in [1.82, 2.24) is 10.2 Å².